The molecule has 0 unspecified atom stereocenters. The lowest BCUT2D eigenvalue weighted by Crippen LogP contribution is -2.46. The molecule has 0 spiro atoms. The molecule has 0 aromatic carbocycles. The van der Waals surface area contributed by atoms with Gasteiger partial charge in [0.25, 0.3) is 5.91 Å². The third kappa shape index (κ3) is 2.31. The summed E-state index contributed by atoms with van der Waals surface area (Å²) in [7, 11) is 0. The molecule has 2 rings (SSSR count). The van der Waals surface area contributed by atoms with Crippen molar-refractivity contribution in [2.45, 2.75) is 19.9 Å². The van der Waals surface area contributed by atoms with Crippen molar-refractivity contribution in [1.29, 1.82) is 0 Å². The minimum atomic E-state index is 0.120. The maximum Gasteiger partial charge on any atom is 0.264 e. The van der Waals surface area contributed by atoms with Crippen molar-refractivity contribution in [1.82, 2.24) is 4.90 Å². The molecule has 1 saturated heterocycles. The van der Waals surface area contributed by atoms with Crippen LogP contribution in [0, 0.1) is 6.92 Å². The smallest absolute Gasteiger partial charge is 0.264 e. The molecule has 1 fully saturated rings. The highest BCUT2D eigenvalue weighted by Crippen LogP contribution is 2.28. The van der Waals surface area contributed by atoms with Crippen LogP contribution in [0.15, 0.2) is 9.85 Å². The molecule has 16 heavy (non-hydrogen) atoms. The highest BCUT2D eigenvalue weighted by atomic mass is 79.9. The molecule has 5 heteroatoms. The van der Waals surface area contributed by atoms with Gasteiger partial charge in [-0.15, -0.1) is 11.3 Å². The van der Waals surface area contributed by atoms with E-state index in [1.807, 2.05) is 24.8 Å². The Kier molecular flexibility index (Phi) is 3.66. The Balaban J connectivity index is 2.17. The van der Waals surface area contributed by atoms with E-state index in [4.69, 9.17) is 4.74 Å². The van der Waals surface area contributed by atoms with Crippen molar-refractivity contribution < 1.29 is 9.53 Å². The molecule has 2 heterocycles. The lowest BCUT2D eigenvalue weighted by Gasteiger charge is -2.32. The highest BCUT2D eigenvalue weighted by Gasteiger charge is 2.26. The number of carbonyl (C=O) groups is 1. The molecule has 0 saturated carbocycles. The molecule has 1 aromatic heterocycles. The topological polar surface area (TPSA) is 29.5 Å². The van der Waals surface area contributed by atoms with Gasteiger partial charge in [-0.3, -0.25) is 4.79 Å². The number of ether oxygens (including phenoxy) is 1. The van der Waals surface area contributed by atoms with Gasteiger partial charge in [-0.2, -0.15) is 0 Å². The van der Waals surface area contributed by atoms with E-state index < -0.39 is 0 Å². The molecule has 0 N–H and O–H groups in total. The Morgan fingerprint density at radius 1 is 1.69 bits per heavy atom. The standard InChI is InChI=1S/C11H14BrNO2S/c1-7-5-9(16-10(7)12)11(14)13-3-4-15-6-8(13)2/h5,8H,3-4,6H2,1-2H3/t8-/m1/s1. The third-order valence-electron chi connectivity index (χ3n) is 2.70. The van der Waals surface area contributed by atoms with Crippen LogP contribution in [0.3, 0.4) is 0 Å². The molecule has 1 aliphatic heterocycles. The maximum absolute atomic E-state index is 12.2. The average molecular weight is 304 g/mol. The second-order valence-electron chi connectivity index (χ2n) is 3.99. The Morgan fingerprint density at radius 2 is 2.44 bits per heavy atom. The zero-order valence-electron chi connectivity index (χ0n) is 9.33. The van der Waals surface area contributed by atoms with Crippen LogP contribution < -0.4 is 0 Å². The van der Waals surface area contributed by atoms with Crippen LogP contribution in [0.2, 0.25) is 0 Å². The fourth-order valence-corrected chi connectivity index (χ4v) is 3.23. The lowest BCUT2D eigenvalue weighted by atomic mass is 10.2. The van der Waals surface area contributed by atoms with E-state index >= 15 is 0 Å². The van der Waals surface area contributed by atoms with Crippen LogP contribution in [0.1, 0.15) is 22.2 Å². The summed E-state index contributed by atoms with van der Waals surface area (Å²) in [5, 5.41) is 0. The first-order chi connectivity index (χ1) is 7.59. The van der Waals surface area contributed by atoms with Gasteiger partial charge in [-0.05, 0) is 41.4 Å². The molecule has 1 aromatic rings. The van der Waals surface area contributed by atoms with Gasteiger partial charge in [0.05, 0.1) is 27.9 Å². The average Bonchev–Trinajstić information content (AvgIpc) is 2.59. The van der Waals surface area contributed by atoms with Crippen LogP contribution in [0.25, 0.3) is 0 Å². The first-order valence-electron chi connectivity index (χ1n) is 5.24. The molecule has 1 aliphatic rings. The number of thiophene rings is 1. The first kappa shape index (κ1) is 12.1. The number of aryl methyl sites for hydroxylation is 1. The largest absolute Gasteiger partial charge is 0.377 e. The van der Waals surface area contributed by atoms with Gasteiger partial charge in [-0.1, -0.05) is 0 Å². The van der Waals surface area contributed by atoms with E-state index in [0.29, 0.717) is 19.8 Å². The summed E-state index contributed by atoms with van der Waals surface area (Å²) in [5.74, 6) is 0.120. The Bertz CT molecular complexity index is 385. The van der Waals surface area contributed by atoms with Crippen LogP contribution in [-0.4, -0.2) is 36.6 Å². The van der Waals surface area contributed by atoms with Crippen LogP contribution in [-0.2, 0) is 4.74 Å². The summed E-state index contributed by atoms with van der Waals surface area (Å²) in [6, 6.07) is 2.11. The van der Waals surface area contributed by atoms with E-state index in [1.54, 1.807) is 0 Å². The van der Waals surface area contributed by atoms with E-state index in [2.05, 4.69) is 15.9 Å². The predicted octanol–water partition coefficient (Wildman–Crippen LogP) is 2.68. The van der Waals surface area contributed by atoms with Gasteiger partial charge in [-0.25, -0.2) is 0 Å². The molecule has 1 atom stereocenters. The van der Waals surface area contributed by atoms with Crippen molar-refractivity contribution in [3.63, 3.8) is 0 Å². The van der Waals surface area contributed by atoms with Crippen LogP contribution in [0.5, 0.6) is 0 Å². The zero-order chi connectivity index (χ0) is 11.7. The molecule has 0 radical (unpaired) electrons. The van der Waals surface area contributed by atoms with Crippen molar-refractivity contribution >= 4 is 33.2 Å². The number of carbonyl (C=O) groups excluding carboxylic acids is 1. The third-order valence-corrected chi connectivity index (χ3v) is 4.82. The minimum absolute atomic E-state index is 0.120. The van der Waals surface area contributed by atoms with Crippen molar-refractivity contribution in [2.75, 3.05) is 19.8 Å². The second-order valence-corrected chi connectivity index (χ2v) is 6.36. The Labute approximate surface area is 108 Å². The molecule has 3 nitrogen and oxygen atoms in total. The van der Waals surface area contributed by atoms with Gasteiger partial charge in [0.1, 0.15) is 0 Å². The summed E-state index contributed by atoms with van der Waals surface area (Å²) >= 11 is 4.95. The Hall–Kier alpha value is -0.390. The van der Waals surface area contributed by atoms with E-state index in [1.165, 1.54) is 11.3 Å². The summed E-state index contributed by atoms with van der Waals surface area (Å²) < 4.78 is 6.37. The van der Waals surface area contributed by atoms with Crippen molar-refractivity contribution in [3.8, 4) is 0 Å². The summed E-state index contributed by atoms with van der Waals surface area (Å²) in [4.78, 5) is 14.9. The fraction of sp³-hybridized carbons (Fsp3) is 0.545. The van der Waals surface area contributed by atoms with Gasteiger partial charge < -0.3 is 9.64 Å². The van der Waals surface area contributed by atoms with E-state index in [9.17, 15) is 4.79 Å². The van der Waals surface area contributed by atoms with E-state index in [0.717, 1.165) is 14.2 Å². The minimum Gasteiger partial charge on any atom is -0.377 e. The normalized spacial score (nSPS) is 21.2. The number of nitrogens with zero attached hydrogens (tertiary/aromatic N) is 1. The van der Waals surface area contributed by atoms with Gasteiger partial charge in [0.15, 0.2) is 0 Å². The lowest BCUT2D eigenvalue weighted by molar-refractivity contribution is 0.00386. The maximum atomic E-state index is 12.2. The summed E-state index contributed by atoms with van der Waals surface area (Å²) in [5.41, 5.74) is 1.12. The quantitative estimate of drug-likeness (QED) is 0.798. The fourth-order valence-electron chi connectivity index (χ4n) is 1.74. The second kappa shape index (κ2) is 4.85. The van der Waals surface area contributed by atoms with Crippen LogP contribution in [0.4, 0.5) is 0 Å². The molecular formula is C11H14BrNO2S. The Morgan fingerprint density at radius 3 is 3.00 bits per heavy atom. The SMILES string of the molecule is Cc1cc(C(=O)N2CCOC[C@H]2C)sc1Br. The number of hydrogen-bond acceptors (Lipinski definition) is 3. The first-order valence-corrected chi connectivity index (χ1v) is 6.85. The van der Waals surface area contributed by atoms with Crippen LogP contribution >= 0.6 is 27.3 Å². The van der Waals surface area contributed by atoms with Crippen molar-refractivity contribution in [2.24, 2.45) is 0 Å². The van der Waals surface area contributed by atoms with Crippen molar-refractivity contribution in [3.05, 3.63) is 20.3 Å². The number of hydrogen-bond donors (Lipinski definition) is 0. The molecule has 88 valence electrons. The molecule has 0 aliphatic carbocycles. The number of amides is 1. The number of rotatable bonds is 1. The highest BCUT2D eigenvalue weighted by molar-refractivity contribution is 9.11. The predicted molar refractivity (Wildman–Crippen MR) is 68.1 cm³/mol. The number of halogens is 1. The van der Waals surface area contributed by atoms with Gasteiger partial charge in [0.2, 0.25) is 0 Å². The monoisotopic (exact) mass is 303 g/mol. The summed E-state index contributed by atoms with van der Waals surface area (Å²) in [6.07, 6.45) is 0. The molecule has 1 amide bonds. The molecule has 0 bridgehead atoms. The zero-order valence-corrected chi connectivity index (χ0v) is 11.7. The summed E-state index contributed by atoms with van der Waals surface area (Å²) in [6.45, 7) is 5.99. The number of morpholine rings is 1. The van der Waals surface area contributed by atoms with Gasteiger partial charge in [0, 0.05) is 6.54 Å². The van der Waals surface area contributed by atoms with E-state index in [-0.39, 0.29) is 11.9 Å². The van der Waals surface area contributed by atoms with Gasteiger partial charge >= 0.3 is 0 Å². The molecular weight excluding hydrogens is 290 g/mol.